The highest BCUT2D eigenvalue weighted by Crippen LogP contribution is 2.34. The first kappa shape index (κ1) is 16.5. The molecule has 1 aliphatic carbocycles. The molecule has 134 valence electrons. The molecule has 1 amide bonds. The third-order valence-corrected chi connectivity index (χ3v) is 4.97. The second kappa shape index (κ2) is 6.42. The lowest BCUT2D eigenvalue weighted by atomic mass is 9.79. The molecule has 26 heavy (non-hydrogen) atoms. The van der Waals surface area contributed by atoms with E-state index >= 15 is 0 Å². The summed E-state index contributed by atoms with van der Waals surface area (Å²) in [5, 5.41) is 25.0. The zero-order valence-electron chi connectivity index (χ0n) is 14.6. The molecule has 0 spiro atoms. The van der Waals surface area contributed by atoms with Crippen molar-refractivity contribution in [3.63, 3.8) is 0 Å². The zero-order chi connectivity index (χ0) is 18.1. The Morgan fingerprint density at radius 2 is 2.23 bits per heavy atom. The number of carbonyl (C=O) groups excluding carboxylic acids is 1. The quantitative estimate of drug-likeness (QED) is 0.667. The molecular formula is C19H21N5O2. The van der Waals surface area contributed by atoms with Gasteiger partial charge in [0.1, 0.15) is 5.60 Å². The van der Waals surface area contributed by atoms with Crippen LogP contribution in [0.5, 0.6) is 0 Å². The van der Waals surface area contributed by atoms with Crippen LogP contribution in [0.15, 0.2) is 42.9 Å². The van der Waals surface area contributed by atoms with Crippen LogP contribution in [0.25, 0.3) is 11.3 Å². The lowest BCUT2D eigenvalue weighted by Crippen LogP contribution is -2.43. The SMILES string of the molecule is Cn1cc(-c2[nH]ncc2C(=O)NCC2(O)CCCc3ccccc32)cn1. The molecule has 0 fully saturated rings. The Morgan fingerprint density at radius 1 is 1.38 bits per heavy atom. The summed E-state index contributed by atoms with van der Waals surface area (Å²) in [6.07, 6.45) is 7.47. The second-order valence-electron chi connectivity index (χ2n) is 6.79. The van der Waals surface area contributed by atoms with Crippen molar-refractivity contribution in [1.29, 1.82) is 0 Å². The number of aliphatic hydroxyl groups is 1. The fraction of sp³-hybridized carbons (Fsp3) is 0.316. The van der Waals surface area contributed by atoms with Crippen LogP contribution in [-0.4, -0.2) is 37.5 Å². The number of H-pyrrole nitrogens is 1. The van der Waals surface area contributed by atoms with Gasteiger partial charge < -0.3 is 10.4 Å². The van der Waals surface area contributed by atoms with Crippen molar-refractivity contribution in [2.45, 2.75) is 24.9 Å². The van der Waals surface area contributed by atoms with Gasteiger partial charge in [-0.2, -0.15) is 10.2 Å². The van der Waals surface area contributed by atoms with Gasteiger partial charge in [0, 0.05) is 18.8 Å². The van der Waals surface area contributed by atoms with E-state index in [2.05, 4.69) is 20.6 Å². The third kappa shape index (κ3) is 2.90. The first-order chi connectivity index (χ1) is 12.6. The van der Waals surface area contributed by atoms with Crippen molar-refractivity contribution >= 4 is 5.91 Å². The van der Waals surface area contributed by atoms with Crippen LogP contribution in [-0.2, 0) is 19.1 Å². The Labute approximate surface area is 151 Å². The van der Waals surface area contributed by atoms with Gasteiger partial charge in [0.25, 0.3) is 5.91 Å². The molecule has 3 N–H and O–H groups in total. The van der Waals surface area contributed by atoms with Crippen molar-refractivity contribution in [2.24, 2.45) is 7.05 Å². The molecule has 1 unspecified atom stereocenters. The molecule has 0 saturated carbocycles. The smallest absolute Gasteiger partial charge is 0.255 e. The molecular weight excluding hydrogens is 330 g/mol. The standard InChI is InChI=1S/C19H21N5O2/c1-24-11-14(9-22-24)17-15(10-21-23-17)18(25)20-12-19(26)8-4-6-13-5-2-3-7-16(13)19/h2-3,5,7,9-11,26H,4,6,8,12H2,1H3,(H,20,25)(H,21,23). The van der Waals surface area contributed by atoms with Crippen molar-refractivity contribution in [3.05, 3.63) is 59.5 Å². The lowest BCUT2D eigenvalue weighted by Gasteiger charge is -2.34. The van der Waals surface area contributed by atoms with Gasteiger partial charge in [0.05, 0.1) is 30.2 Å². The van der Waals surface area contributed by atoms with Gasteiger partial charge in [0.15, 0.2) is 0 Å². The Kier molecular flexibility index (Phi) is 4.08. The second-order valence-corrected chi connectivity index (χ2v) is 6.79. The number of nitrogens with one attached hydrogen (secondary N) is 2. The minimum atomic E-state index is -1.04. The Bertz CT molecular complexity index is 945. The molecule has 0 saturated heterocycles. The predicted octanol–water partition coefficient (Wildman–Crippen LogP) is 1.76. The van der Waals surface area contributed by atoms with E-state index in [-0.39, 0.29) is 12.5 Å². The molecule has 2 aromatic heterocycles. The molecule has 0 bridgehead atoms. The first-order valence-corrected chi connectivity index (χ1v) is 8.68. The largest absolute Gasteiger partial charge is 0.383 e. The minimum absolute atomic E-state index is 0.167. The number of aryl methyl sites for hydroxylation is 2. The van der Waals surface area contributed by atoms with Crippen LogP contribution in [0.2, 0.25) is 0 Å². The average Bonchev–Trinajstić information content (AvgIpc) is 3.29. The fourth-order valence-electron chi connectivity index (χ4n) is 3.63. The topological polar surface area (TPSA) is 95.8 Å². The van der Waals surface area contributed by atoms with Crippen molar-refractivity contribution in [1.82, 2.24) is 25.3 Å². The molecule has 7 nitrogen and oxygen atoms in total. The molecule has 7 heteroatoms. The van der Waals surface area contributed by atoms with E-state index in [1.54, 1.807) is 10.9 Å². The van der Waals surface area contributed by atoms with Gasteiger partial charge in [-0.3, -0.25) is 14.6 Å². The van der Waals surface area contributed by atoms with E-state index in [1.165, 1.54) is 6.20 Å². The minimum Gasteiger partial charge on any atom is -0.383 e. The number of carbonyl (C=O) groups is 1. The molecule has 4 rings (SSSR count). The fourth-order valence-corrected chi connectivity index (χ4v) is 3.63. The van der Waals surface area contributed by atoms with E-state index in [9.17, 15) is 9.90 Å². The van der Waals surface area contributed by atoms with Gasteiger partial charge >= 0.3 is 0 Å². The molecule has 3 aromatic rings. The number of benzene rings is 1. The normalized spacial score (nSPS) is 19.2. The van der Waals surface area contributed by atoms with Crippen molar-refractivity contribution in [2.75, 3.05) is 6.54 Å². The van der Waals surface area contributed by atoms with Crippen LogP contribution in [0.3, 0.4) is 0 Å². The summed E-state index contributed by atoms with van der Waals surface area (Å²) in [6.45, 7) is 0.167. The Morgan fingerprint density at radius 3 is 3.04 bits per heavy atom. The van der Waals surface area contributed by atoms with Crippen molar-refractivity contribution in [3.8, 4) is 11.3 Å². The summed E-state index contributed by atoms with van der Waals surface area (Å²) in [5.41, 5.74) is 2.86. The van der Waals surface area contributed by atoms with Crippen LogP contribution in [0.1, 0.15) is 34.3 Å². The number of aromatic amines is 1. The van der Waals surface area contributed by atoms with Crippen LogP contribution in [0, 0.1) is 0 Å². The van der Waals surface area contributed by atoms with Crippen LogP contribution in [0.4, 0.5) is 0 Å². The maximum Gasteiger partial charge on any atom is 0.255 e. The van der Waals surface area contributed by atoms with Gasteiger partial charge in [-0.05, 0) is 30.4 Å². The highest BCUT2D eigenvalue weighted by atomic mass is 16.3. The zero-order valence-corrected chi connectivity index (χ0v) is 14.6. The monoisotopic (exact) mass is 351 g/mol. The highest BCUT2D eigenvalue weighted by molar-refractivity contribution is 5.99. The molecule has 1 atom stereocenters. The van der Waals surface area contributed by atoms with Gasteiger partial charge in [-0.25, -0.2) is 0 Å². The number of nitrogens with zero attached hydrogens (tertiary/aromatic N) is 3. The molecule has 1 aliphatic rings. The summed E-state index contributed by atoms with van der Waals surface area (Å²) in [5.74, 6) is -0.269. The molecule has 2 heterocycles. The van der Waals surface area contributed by atoms with Crippen LogP contribution < -0.4 is 5.32 Å². The van der Waals surface area contributed by atoms with Crippen LogP contribution >= 0.6 is 0 Å². The van der Waals surface area contributed by atoms with Gasteiger partial charge in [0.2, 0.25) is 0 Å². The summed E-state index contributed by atoms with van der Waals surface area (Å²) in [7, 11) is 1.82. The number of hydrogen-bond acceptors (Lipinski definition) is 4. The average molecular weight is 351 g/mol. The summed E-state index contributed by atoms with van der Waals surface area (Å²) >= 11 is 0. The summed E-state index contributed by atoms with van der Waals surface area (Å²) < 4.78 is 1.67. The van der Waals surface area contributed by atoms with Gasteiger partial charge in [-0.15, -0.1) is 0 Å². The van der Waals surface area contributed by atoms with E-state index in [0.717, 1.165) is 29.5 Å². The first-order valence-electron chi connectivity index (χ1n) is 8.68. The number of hydrogen-bond donors (Lipinski definition) is 3. The number of aromatic nitrogens is 4. The Balaban J connectivity index is 1.53. The van der Waals surface area contributed by atoms with E-state index in [0.29, 0.717) is 17.7 Å². The molecule has 1 aromatic carbocycles. The summed E-state index contributed by atoms with van der Waals surface area (Å²) in [4.78, 5) is 12.7. The summed E-state index contributed by atoms with van der Waals surface area (Å²) in [6, 6.07) is 7.89. The lowest BCUT2D eigenvalue weighted by molar-refractivity contribution is 0.0189. The number of rotatable bonds is 4. The molecule has 0 aliphatic heterocycles. The number of amides is 1. The maximum absolute atomic E-state index is 12.7. The van der Waals surface area contributed by atoms with Crippen molar-refractivity contribution < 1.29 is 9.90 Å². The number of fused-ring (bicyclic) bond motifs is 1. The third-order valence-electron chi connectivity index (χ3n) is 4.97. The maximum atomic E-state index is 12.7. The molecule has 0 radical (unpaired) electrons. The Hall–Kier alpha value is -2.93. The van der Waals surface area contributed by atoms with E-state index < -0.39 is 5.60 Å². The van der Waals surface area contributed by atoms with E-state index in [4.69, 9.17) is 0 Å². The van der Waals surface area contributed by atoms with E-state index in [1.807, 2.05) is 37.5 Å². The predicted molar refractivity (Wildman–Crippen MR) is 96.4 cm³/mol. The van der Waals surface area contributed by atoms with Gasteiger partial charge in [-0.1, -0.05) is 24.3 Å². The highest BCUT2D eigenvalue weighted by Gasteiger charge is 2.34.